The zero-order valence-corrected chi connectivity index (χ0v) is 8.51. The van der Waals surface area contributed by atoms with E-state index in [1.54, 1.807) is 24.3 Å². The van der Waals surface area contributed by atoms with Crippen molar-refractivity contribution in [3.8, 4) is 0 Å². The molecule has 0 amide bonds. The smallest absolute Gasteiger partial charge is 0.351 e. The van der Waals surface area contributed by atoms with Crippen LogP contribution >= 0.6 is 0 Å². The van der Waals surface area contributed by atoms with Crippen molar-refractivity contribution in [2.45, 2.75) is 12.0 Å². The van der Waals surface area contributed by atoms with Gasteiger partial charge in [0.15, 0.2) is 0 Å². The van der Waals surface area contributed by atoms with Crippen molar-refractivity contribution in [1.82, 2.24) is 0 Å². The first-order chi connectivity index (χ1) is 7.72. The summed E-state index contributed by atoms with van der Waals surface area (Å²) < 4.78 is 10.1. The lowest BCUT2D eigenvalue weighted by molar-refractivity contribution is -0.149. The molecule has 3 rings (SSSR count). The maximum absolute atomic E-state index is 11.7. The Morgan fingerprint density at radius 1 is 1.38 bits per heavy atom. The van der Waals surface area contributed by atoms with E-state index < -0.39 is 17.5 Å². The summed E-state index contributed by atoms with van der Waals surface area (Å²) in [6.07, 6.45) is 0.602. The lowest BCUT2D eigenvalue weighted by atomic mass is 10.2. The monoisotopic (exact) mass is 218 g/mol. The molecular weight excluding hydrogens is 208 g/mol. The van der Waals surface area contributed by atoms with Gasteiger partial charge >= 0.3 is 11.9 Å². The van der Waals surface area contributed by atoms with E-state index >= 15 is 0 Å². The van der Waals surface area contributed by atoms with Crippen LogP contribution in [0.3, 0.4) is 0 Å². The average molecular weight is 218 g/mol. The van der Waals surface area contributed by atoms with Crippen LogP contribution in [0.5, 0.6) is 0 Å². The molecule has 2 fully saturated rings. The van der Waals surface area contributed by atoms with Crippen LogP contribution in [0.4, 0.5) is 0 Å². The standard InChI is InChI=1S/C12H10O4/c13-10(8-4-2-1-3-5-8)16-12-6-9(12)7-15-11(12)14/h1-5,9H,6-7H2. The molecule has 0 bridgehead atoms. The Labute approximate surface area is 92.2 Å². The van der Waals surface area contributed by atoms with Crippen LogP contribution in [0.15, 0.2) is 30.3 Å². The summed E-state index contributed by atoms with van der Waals surface area (Å²) >= 11 is 0. The van der Waals surface area contributed by atoms with E-state index in [0.29, 0.717) is 18.6 Å². The number of carbonyl (C=O) groups is 2. The fraction of sp³-hybridized carbons (Fsp3) is 0.333. The molecule has 1 aliphatic carbocycles. The number of hydrogen-bond donors (Lipinski definition) is 0. The van der Waals surface area contributed by atoms with Gasteiger partial charge < -0.3 is 9.47 Å². The van der Waals surface area contributed by atoms with Crippen LogP contribution in [0, 0.1) is 5.92 Å². The van der Waals surface area contributed by atoms with Crippen LogP contribution < -0.4 is 0 Å². The normalized spacial score (nSPS) is 30.5. The minimum absolute atomic E-state index is 0.0627. The molecule has 0 spiro atoms. The van der Waals surface area contributed by atoms with Gasteiger partial charge in [-0.25, -0.2) is 9.59 Å². The second-order valence-electron chi connectivity index (χ2n) is 4.14. The molecule has 0 radical (unpaired) electrons. The number of cyclic esters (lactones) is 1. The lowest BCUT2D eigenvalue weighted by Crippen LogP contribution is -2.28. The number of ether oxygens (including phenoxy) is 2. The summed E-state index contributed by atoms with van der Waals surface area (Å²) in [7, 11) is 0. The van der Waals surface area contributed by atoms with E-state index in [9.17, 15) is 9.59 Å². The van der Waals surface area contributed by atoms with Gasteiger partial charge in [0.1, 0.15) is 0 Å². The summed E-state index contributed by atoms with van der Waals surface area (Å²) in [6.45, 7) is 0.376. The van der Waals surface area contributed by atoms with Gasteiger partial charge in [0.25, 0.3) is 0 Å². The molecule has 1 saturated heterocycles. The van der Waals surface area contributed by atoms with Crippen molar-refractivity contribution in [2.24, 2.45) is 5.92 Å². The Balaban J connectivity index is 1.77. The molecule has 1 aliphatic heterocycles. The Morgan fingerprint density at radius 2 is 2.12 bits per heavy atom. The van der Waals surface area contributed by atoms with Crippen LogP contribution in [0.2, 0.25) is 0 Å². The highest BCUT2D eigenvalue weighted by Gasteiger charge is 2.69. The van der Waals surface area contributed by atoms with E-state index in [2.05, 4.69) is 0 Å². The second kappa shape index (κ2) is 3.07. The number of esters is 2. The minimum atomic E-state index is -0.965. The van der Waals surface area contributed by atoms with Gasteiger partial charge in [-0.05, 0) is 12.1 Å². The SMILES string of the molecule is O=C(OC12CC1COC2=O)c1ccccc1. The van der Waals surface area contributed by atoms with Crippen molar-refractivity contribution in [3.63, 3.8) is 0 Å². The predicted octanol–water partition coefficient (Wildman–Crippen LogP) is 1.16. The molecule has 1 aromatic rings. The van der Waals surface area contributed by atoms with Crippen molar-refractivity contribution in [1.29, 1.82) is 0 Å². The predicted molar refractivity (Wildman–Crippen MR) is 53.7 cm³/mol. The highest BCUT2D eigenvalue weighted by Crippen LogP contribution is 2.52. The minimum Gasteiger partial charge on any atom is -0.462 e. The highest BCUT2D eigenvalue weighted by atomic mass is 16.6. The summed E-state index contributed by atoms with van der Waals surface area (Å²) in [6, 6.07) is 8.66. The quantitative estimate of drug-likeness (QED) is 0.699. The van der Waals surface area contributed by atoms with Gasteiger partial charge in [-0.2, -0.15) is 0 Å². The Hall–Kier alpha value is -1.84. The zero-order valence-electron chi connectivity index (χ0n) is 8.51. The van der Waals surface area contributed by atoms with Crippen molar-refractivity contribution in [2.75, 3.05) is 6.61 Å². The molecule has 1 aromatic carbocycles. The second-order valence-corrected chi connectivity index (χ2v) is 4.14. The molecule has 1 heterocycles. The van der Waals surface area contributed by atoms with Crippen LogP contribution in [-0.4, -0.2) is 24.1 Å². The molecular formula is C12H10O4. The van der Waals surface area contributed by atoms with Crippen LogP contribution in [0.25, 0.3) is 0 Å². The Bertz CT molecular complexity index is 453. The van der Waals surface area contributed by atoms with Crippen LogP contribution in [0.1, 0.15) is 16.8 Å². The molecule has 1 saturated carbocycles. The van der Waals surface area contributed by atoms with E-state index in [0.717, 1.165) is 0 Å². The first kappa shape index (κ1) is 9.39. The van der Waals surface area contributed by atoms with E-state index in [-0.39, 0.29) is 5.92 Å². The van der Waals surface area contributed by atoms with Crippen molar-refractivity contribution < 1.29 is 19.1 Å². The Kier molecular flexibility index (Phi) is 1.80. The fourth-order valence-corrected chi connectivity index (χ4v) is 2.01. The molecule has 16 heavy (non-hydrogen) atoms. The van der Waals surface area contributed by atoms with Crippen molar-refractivity contribution in [3.05, 3.63) is 35.9 Å². The molecule has 4 heteroatoms. The van der Waals surface area contributed by atoms with Gasteiger partial charge in [-0.3, -0.25) is 0 Å². The Morgan fingerprint density at radius 3 is 2.69 bits per heavy atom. The molecule has 4 nitrogen and oxygen atoms in total. The van der Waals surface area contributed by atoms with Gasteiger partial charge in [-0.15, -0.1) is 0 Å². The summed E-state index contributed by atoms with van der Waals surface area (Å²) in [4.78, 5) is 23.2. The topological polar surface area (TPSA) is 52.6 Å². The molecule has 2 aliphatic rings. The van der Waals surface area contributed by atoms with Gasteiger partial charge in [-0.1, -0.05) is 18.2 Å². The number of rotatable bonds is 2. The van der Waals surface area contributed by atoms with Crippen molar-refractivity contribution >= 4 is 11.9 Å². The van der Waals surface area contributed by atoms with E-state index in [1.807, 2.05) is 6.07 Å². The third kappa shape index (κ3) is 1.23. The third-order valence-corrected chi connectivity index (χ3v) is 3.09. The lowest BCUT2D eigenvalue weighted by Gasteiger charge is -2.10. The highest BCUT2D eigenvalue weighted by molar-refractivity contribution is 5.95. The maximum Gasteiger partial charge on any atom is 0.351 e. The van der Waals surface area contributed by atoms with Gasteiger partial charge in [0.05, 0.1) is 12.2 Å². The maximum atomic E-state index is 11.7. The summed E-state index contributed by atoms with van der Waals surface area (Å²) in [5.41, 5.74) is -0.505. The molecule has 2 atom stereocenters. The van der Waals surface area contributed by atoms with Gasteiger partial charge in [0, 0.05) is 12.3 Å². The summed E-state index contributed by atoms with van der Waals surface area (Å²) in [5, 5.41) is 0. The zero-order chi connectivity index (χ0) is 11.2. The third-order valence-electron chi connectivity index (χ3n) is 3.09. The van der Waals surface area contributed by atoms with E-state index in [1.165, 1.54) is 0 Å². The van der Waals surface area contributed by atoms with E-state index in [4.69, 9.17) is 9.47 Å². The number of benzene rings is 1. The average Bonchev–Trinajstić information content (AvgIpc) is 2.94. The number of hydrogen-bond acceptors (Lipinski definition) is 4. The number of carbonyl (C=O) groups excluding carboxylic acids is 2. The molecule has 2 unspecified atom stereocenters. The molecule has 0 aromatic heterocycles. The van der Waals surface area contributed by atoms with Crippen LogP contribution in [-0.2, 0) is 14.3 Å². The summed E-state index contributed by atoms with van der Waals surface area (Å²) in [5.74, 6) is -0.795. The fourth-order valence-electron chi connectivity index (χ4n) is 2.01. The first-order valence-corrected chi connectivity index (χ1v) is 5.18. The molecule has 82 valence electrons. The molecule has 0 N–H and O–H groups in total. The largest absolute Gasteiger partial charge is 0.462 e. The number of fused-ring (bicyclic) bond motifs is 1. The van der Waals surface area contributed by atoms with Gasteiger partial charge in [0.2, 0.25) is 5.60 Å². The first-order valence-electron chi connectivity index (χ1n) is 5.18.